The number of hydrogen-bond donors (Lipinski definition) is 2. The SMILES string of the molecule is CCN(CC)CCNC(=O)CCCNC(=O)c1c(C)nc2c(C)cccn12. The van der Waals surface area contributed by atoms with Gasteiger partial charge in [-0.15, -0.1) is 0 Å². The first-order chi connectivity index (χ1) is 13.0. The molecule has 0 aromatic carbocycles. The Bertz CT molecular complexity index is 780. The Kier molecular flexibility index (Phi) is 7.79. The summed E-state index contributed by atoms with van der Waals surface area (Å²) in [4.78, 5) is 31.2. The third kappa shape index (κ3) is 5.53. The van der Waals surface area contributed by atoms with Gasteiger partial charge in [-0.05, 0) is 45.0 Å². The van der Waals surface area contributed by atoms with Crippen molar-refractivity contribution in [3.8, 4) is 0 Å². The van der Waals surface area contributed by atoms with Gasteiger partial charge in [0.2, 0.25) is 5.91 Å². The predicted octanol–water partition coefficient (Wildman–Crippen LogP) is 1.92. The first kappa shape index (κ1) is 20.9. The van der Waals surface area contributed by atoms with E-state index in [1.165, 1.54) is 0 Å². The van der Waals surface area contributed by atoms with Crippen LogP contribution in [0, 0.1) is 13.8 Å². The minimum Gasteiger partial charge on any atom is -0.355 e. The highest BCUT2D eigenvalue weighted by Crippen LogP contribution is 2.15. The summed E-state index contributed by atoms with van der Waals surface area (Å²) in [7, 11) is 0. The quantitative estimate of drug-likeness (QED) is 0.624. The van der Waals surface area contributed by atoms with Crippen LogP contribution >= 0.6 is 0 Å². The number of nitrogens with one attached hydrogen (secondary N) is 2. The highest BCUT2D eigenvalue weighted by molar-refractivity contribution is 5.94. The number of rotatable bonds is 10. The molecule has 0 unspecified atom stereocenters. The number of likely N-dealkylation sites (N-methyl/N-ethyl adjacent to an activating group) is 1. The van der Waals surface area contributed by atoms with E-state index >= 15 is 0 Å². The molecule has 148 valence electrons. The molecule has 0 aliphatic rings. The van der Waals surface area contributed by atoms with Crippen molar-refractivity contribution in [2.75, 3.05) is 32.7 Å². The molecule has 0 saturated carbocycles. The van der Waals surface area contributed by atoms with Gasteiger partial charge in [0.25, 0.3) is 5.91 Å². The molecule has 0 atom stereocenters. The second-order valence-electron chi connectivity index (χ2n) is 6.67. The van der Waals surface area contributed by atoms with Gasteiger partial charge in [-0.2, -0.15) is 0 Å². The molecule has 2 amide bonds. The van der Waals surface area contributed by atoms with Gasteiger partial charge in [-0.3, -0.25) is 14.0 Å². The summed E-state index contributed by atoms with van der Waals surface area (Å²) in [5.41, 5.74) is 3.09. The van der Waals surface area contributed by atoms with Crippen molar-refractivity contribution in [3.05, 3.63) is 35.3 Å². The molecule has 2 N–H and O–H groups in total. The third-order valence-corrected chi connectivity index (χ3v) is 4.75. The van der Waals surface area contributed by atoms with Crippen LogP contribution in [0.15, 0.2) is 18.3 Å². The molecule has 0 aliphatic heterocycles. The summed E-state index contributed by atoms with van der Waals surface area (Å²) in [6, 6.07) is 3.88. The van der Waals surface area contributed by atoms with Gasteiger partial charge < -0.3 is 15.5 Å². The zero-order valence-corrected chi connectivity index (χ0v) is 16.8. The van der Waals surface area contributed by atoms with E-state index in [4.69, 9.17) is 0 Å². The van der Waals surface area contributed by atoms with E-state index in [9.17, 15) is 9.59 Å². The van der Waals surface area contributed by atoms with E-state index in [0.717, 1.165) is 30.8 Å². The summed E-state index contributed by atoms with van der Waals surface area (Å²) < 4.78 is 1.82. The Morgan fingerprint density at radius 3 is 2.59 bits per heavy atom. The maximum Gasteiger partial charge on any atom is 0.270 e. The molecular formula is C20H31N5O2. The van der Waals surface area contributed by atoms with Gasteiger partial charge in [0.05, 0.1) is 5.69 Å². The lowest BCUT2D eigenvalue weighted by Crippen LogP contribution is -2.35. The van der Waals surface area contributed by atoms with Crippen LogP contribution in [0.1, 0.15) is 48.4 Å². The Balaban J connectivity index is 1.76. The number of carbonyl (C=O) groups excluding carboxylic acids is 2. The number of carbonyl (C=O) groups is 2. The lowest BCUT2D eigenvalue weighted by molar-refractivity contribution is -0.121. The first-order valence-corrected chi connectivity index (χ1v) is 9.69. The zero-order valence-electron chi connectivity index (χ0n) is 16.8. The number of hydrogen-bond acceptors (Lipinski definition) is 4. The highest BCUT2D eigenvalue weighted by Gasteiger charge is 2.17. The van der Waals surface area contributed by atoms with E-state index in [0.29, 0.717) is 37.3 Å². The average molecular weight is 374 g/mol. The molecule has 0 radical (unpaired) electrons. The maximum atomic E-state index is 12.5. The summed E-state index contributed by atoms with van der Waals surface area (Å²) in [5, 5.41) is 5.83. The van der Waals surface area contributed by atoms with Gasteiger partial charge >= 0.3 is 0 Å². The largest absolute Gasteiger partial charge is 0.355 e. The standard InChI is InChI=1S/C20H31N5O2/c1-5-24(6-2)14-12-21-17(26)10-7-11-22-20(27)18-16(4)23-19-15(3)9-8-13-25(18)19/h8-9,13H,5-7,10-12,14H2,1-4H3,(H,21,26)(H,22,27). The lowest BCUT2D eigenvalue weighted by Gasteiger charge is -2.17. The minimum absolute atomic E-state index is 0.0259. The fraction of sp³-hybridized carbons (Fsp3) is 0.550. The van der Waals surface area contributed by atoms with Crippen molar-refractivity contribution in [1.29, 1.82) is 0 Å². The smallest absolute Gasteiger partial charge is 0.270 e. The Morgan fingerprint density at radius 2 is 1.89 bits per heavy atom. The van der Waals surface area contributed by atoms with E-state index in [1.54, 1.807) is 0 Å². The van der Waals surface area contributed by atoms with Crippen molar-refractivity contribution in [3.63, 3.8) is 0 Å². The van der Waals surface area contributed by atoms with Crippen LogP contribution < -0.4 is 10.6 Å². The molecule has 0 saturated heterocycles. The Morgan fingerprint density at radius 1 is 1.15 bits per heavy atom. The van der Waals surface area contributed by atoms with Crippen LogP contribution in [0.5, 0.6) is 0 Å². The van der Waals surface area contributed by atoms with E-state index in [-0.39, 0.29) is 11.8 Å². The molecule has 7 nitrogen and oxygen atoms in total. The van der Waals surface area contributed by atoms with Crippen molar-refractivity contribution >= 4 is 17.5 Å². The zero-order chi connectivity index (χ0) is 19.8. The maximum absolute atomic E-state index is 12.5. The normalized spacial score (nSPS) is 11.1. The van der Waals surface area contributed by atoms with E-state index < -0.39 is 0 Å². The van der Waals surface area contributed by atoms with Crippen LogP contribution in [-0.4, -0.2) is 58.8 Å². The number of nitrogens with zero attached hydrogens (tertiary/aromatic N) is 3. The van der Waals surface area contributed by atoms with Gasteiger partial charge in [0.15, 0.2) is 0 Å². The van der Waals surface area contributed by atoms with Crippen molar-refractivity contribution in [2.24, 2.45) is 0 Å². The molecule has 27 heavy (non-hydrogen) atoms. The number of imidazole rings is 1. The van der Waals surface area contributed by atoms with Crippen molar-refractivity contribution < 1.29 is 9.59 Å². The summed E-state index contributed by atoms with van der Waals surface area (Å²) in [6.07, 6.45) is 2.86. The predicted molar refractivity (Wildman–Crippen MR) is 107 cm³/mol. The van der Waals surface area contributed by atoms with Crippen molar-refractivity contribution in [2.45, 2.75) is 40.5 Å². The van der Waals surface area contributed by atoms with Crippen LogP contribution in [0.3, 0.4) is 0 Å². The number of pyridine rings is 1. The summed E-state index contributed by atoms with van der Waals surface area (Å²) >= 11 is 0. The topological polar surface area (TPSA) is 78.7 Å². The Hall–Kier alpha value is -2.41. The monoisotopic (exact) mass is 373 g/mol. The van der Waals surface area contributed by atoms with Gasteiger partial charge in [0, 0.05) is 32.3 Å². The molecule has 2 heterocycles. The first-order valence-electron chi connectivity index (χ1n) is 9.69. The van der Waals surface area contributed by atoms with Crippen LogP contribution in [0.25, 0.3) is 5.65 Å². The number of aryl methyl sites for hydroxylation is 2. The van der Waals surface area contributed by atoms with Gasteiger partial charge in [-0.1, -0.05) is 19.9 Å². The number of aromatic nitrogens is 2. The molecule has 2 aromatic rings. The third-order valence-electron chi connectivity index (χ3n) is 4.75. The molecule has 0 bridgehead atoms. The molecule has 2 rings (SSSR count). The fourth-order valence-corrected chi connectivity index (χ4v) is 3.11. The molecule has 0 fully saturated rings. The molecule has 0 aliphatic carbocycles. The van der Waals surface area contributed by atoms with Gasteiger partial charge in [-0.25, -0.2) is 4.98 Å². The Labute approximate surface area is 161 Å². The minimum atomic E-state index is -0.160. The van der Waals surface area contributed by atoms with Crippen LogP contribution in [-0.2, 0) is 4.79 Å². The lowest BCUT2D eigenvalue weighted by atomic mass is 10.2. The second-order valence-corrected chi connectivity index (χ2v) is 6.67. The summed E-state index contributed by atoms with van der Waals surface area (Å²) in [6.45, 7) is 12.0. The fourth-order valence-electron chi connectivity index (χ4n) is 3.11. The van der Waals surface area contributed by atoms with Crippen molar-refractivity contribution in [1.82, 2.24) is 24.9 Å². The van der Waals surface area contributed by atoms with E-state index in [1.807, 2.05) is 36.6 Å². The number of fused-ring (bicyclic) bond motifs is 1. The van der Waals surface area contributed by atoms with Crippen LogP contribution in [0.2, 0.25) is 0 Å². The van der Waals surface area contributed by atoms with Gasteiger partial charge in [0.1, 0.15) is 11.3 Å². The number of amides is 2. The molecule has 2 aromatic heterocycles. The molecule has 0 spiro atoms. The molecular weight excluding hydrogens is 342 g/mol. The van der Waals surface area contributed by atoms with E-state index in [2.05, 4.69) is 34.4 Å². The summed E-state index contributed by atoms with van der Waals surface area (Å²) in [5.74, 6) is -0.134. The molecule has 7 heteroatoms. The van der Waals surface area contributed by atoms with Crippen LogP contribution in [0.4, 0.5) is 0 Å². The highest BCUT2D eigenvalue weighted by atomic mass is 16.2. The second kappa shape index (κ2) is 10.1. The average Bonchev–Trinajstić information content (AvgIpc) is 2.99.